The summed E-state index contributed by atoms with van der Waals surface area (Å²) in [6, 6.07) is 0. The number of aliphatic hydroxyl groups is 8. The predicted molar refractivity (Wildman–Crippen MR) is 186 cm³/mol. The molecule has 0 aromatic heterocycles. The average Bonchev–Trinajstić information content (AvgIpc) is 3.36. The summed E-state index contributed by atoms with van der Waals surface area (Å²) in [4.78, 5) is 0. The Balaban J connectivity index is 0.00000580. The first-order valence-corrected chi connectivity index (χ1v) is 20.8. The first kappa shape index (κ1) is 46.2. The quantitative estimate of drug-likeness (QED) is 0.0353. The van der Waals surface area contributed by atoms with Crippen molar-refractivity contribution in [1.29, 1.82) is 0 Å². The number of aliphatic hydroxyl groups excluding tert-OH is 7. The molecule has 0 aromatic rings. The molecule has 6 aliphatic rings. The zero-order valence-corrected chi connectivity index (χ0v) is 35.5. The molecule has 2 saturated heterocycles. The first-order valence-electron chi connectivity index (χ1n) is 19.5. The van der Waals surface area contributed by atoms with Gasteiger partial charge in [-0.05, 0) is 78.9 Å². The molecule has 4 saturated carbocycles. The molecule has 6 rings (SSSR count). The van der Waals surface area contributed by atoms with Gasteiger partial charge in [0.15, 0.2) is 12.6 Å². The molecule has 0 aromatic carbocycles. The maximum absolute atomic E-state index is 12.8. The van der Waals surface area contributed by atoms with Gasteiger partial charge in [-0.15, -0.1) is 0 Å². The zero-order chi connectivity index (χ0) is 39.7. The second kappa shape index (κ2) is 17.2. The Hall–Kier alpha value is 0.130. The third kappa shape index (κ3) is 8.82. The van der Waals surface area contributed by atoms with Crippen molar-refractivity contribution in [2.45, 2.75) is 159 Å². The molecule has 0 unspecified atom stereocenters. The maximum Gasteiger partial charge on any atom is 1.00 e. The third-order valence-electron chi connectivity index (χ3n) is 14.3. The van der Waals surface area contributed by atoms with E-state index in [1.807, 2.05) is 32.9 Å². The number of ether oxygens (including phenoxy) is 4. The zero-order valence-electron chi connectivity index (χ0n) is 32.7. The van der Waals surface area contributed by atoms with Crippen molar-refractivity contribution < 1.29 is 107 Å². The van der Waals surface area contributed by atoms with Gasteiger partial charge in [-0.2, -0.15) is 0 Å². The summed E-state index contributed by atoms with van der Waals surface area (Å²) in [5.41, 5.74) is -2.26. The summed E-state index contributed by atoms with van der Waals surface area (Å²) in [5.74, 6) is -1.16. The monoisotopic (exact) mass is 816 g/mol. The van der Waals surface area contributed by atoms with Crippen LogP contribution in [-0.4, -0.2) is 146 Å². The van der Waals surface area contributed by atoms with E-state index < -0.39 is 107 Å². The summed E-state index contributed by atoms with van der Waals surface area (Å²) >= 11 is 0. The predicted octanol–water partition coefficient (Wildman–Crippen LogP) is -3.31. The number of hydrogen-bond acceptors (Lipinski definition) is 16. The summed E-state index contributed by atoms with van der Waals surface area (Å²) in [6.45, 7) is 9.48. The molecule has 18 heteroatoms. The SMILES string of the molecule is CC(C)[C@H](/C=C/[C@@H](C)[C@H]1C[C@@H](O)[C@@H]2[C@]1(C)CC[C@@H]1[C@@]3(C)CC[C@H](O[C@@H]4OC[C@@H](O)[C@H](O)[C@H]4O)C[C@@H]3[C@@H](O)C[C@]12O)O[C@@H]1OC[C@@H](O)[C@H](OS(=O)(=O)[O-])[C@H]1O.[Na+]. The van der Waals surface area contributed by atoms with Crippen molar-refractivity contribution in [3.05, 3.63) is 12.2 Å². The van der Waals surface area contributed by atoms with Gasteiger partial charge < -0.3 is 64.4 Å². The molecule has 0 radical (unpaired) electrons. The third-order valence-corrected chi connectivity index (χ3v) is 14.8. The Morgan fingerprint density at radius 3 is 2.09 bits per heavy atom. The number of rotatable bonds is 10. The van der Waals surface area contributed by atoms with Gasteiger partial charge in [-0.25, -0.2) is 8.42 Å². The fraction of sp³-hybridized carbons (Fsp3) is 0.946. The van der Waals surface area contributed by atoms with Crippen LogP contribution >= 0.6 is 0 Å². The van der Waals surface area contributed by atoms with E-state index >= 15 is 0 Å². The van der Waals surface area contributed by atoms with E-state index in [0.29, 0.717) is 32.1 Å². The summed E-state index contributed by atoms with van der Waals surface area (Å²) in [5, 5.41) is 87.5. The van der Waals surface area contributed by atoms with Gasteiger partial charge >= 0.3 is 29.6 Å². The van der Waals surface area contributed by atoms with E-state index in [2.05, 4.69) is 18.0 Å². The molecule has 0 spiro atoms. The second-order valence-electron chi connectivity index (χ2n) is 18.0. The summed E-state index contributed by atoms with van der Waals surface area (Å²) in [6.07, 6.45) is -6.75. The minimum atomic E-state index is -5.22. The second-order valence-corrected chi connectivity index (χ2v) is 19.0. The molecule has 2 heterocycles. The van der Waals surface area contributed by atoms with Crippen molar-refractivity contribution >= 4 is 10.4 Å². The fourth-order valence-corrected chi connectivity index (χ4v) is 12.2. The van der Waals surface area contributed by atoms with E-state index in [0.717, 1.165) is 6.42 Å². The van der Waals surface area contributed by atoms with Crippen LogP contribution in [0.3, 0.4) is 0 Å². The fourth-order valence-electron chi connectivity index (χ4n) is 11.7. The van der Waals surface area contributed by atoms with Crippen LogP contribution in [0, 0.1) is 46.3 Å². The standard InChI is InChI=1S/C37H62O16S.Na/c1-17(2)26(52-34-30(44)31(25(41)16-50-34)53-54(46,47)48)7-6-18(3)20-13-22(38)32-36(20,5)11-9-27-35(4)10-8-19(12-21(35)23(39)14-37(27,32)45)51-33-29(43)28(42)24(40)15-49-33;/h6-7,17-34,38-45H,8-16H2,1-5H3,(H,46,47,48);/q;+1/p-1/b7-6+;/t18-,19+,20-,21-,22-,23+,24-,25-,26+,27-,28+,29-,30-,31+,32-,33+,34+,35+,36-,37+;/m1./s1. The van der Waals surface area contributed by atoms with Crippen LogP contribution in [-0.2, 0) is 33.5 Å². The maximum atomic E-state index is 12.8. The van der Waals surface area contributed by atoms with E-state index in [-0.39, 0.29) is 78.3 Å². The molecule has 0 amide bonds. The van der Waals surface area contributed by atoms with Crippen LogP contribution in [0.25, 0.3) is 0 Å². The van der Waals surface area contributed by atoms with Gasteiger partial charge in [0.2, 0.25) is 10.4 Å². The van der Waals surface area contributed by atoms with Crippen LogP contribution < -0.4 is 29.6 Å². The molecular formula is C37H61NaO16S. The van der Waals surface area contributed by atoms with Gasteiger partial charge in [0.05, 0.1) is 43.2 Å². The van der Waals surface area contributed by atoms with Gasteiger partial charge in [0.25, 0.3) is 0 Å². The molecule has 20 atom stereocenters. The van der Waals surface area contributed by atoms with Crippen molar-refractivity contribution in [1.82, 2.24) is 0 Å². The molecule has 55 heavy (non-hydrogen) atoms. The smallest absolute Gasteiger partial charge is 0.726 e. The van der Waals surface area contributed by atoms with E-state index in [1.165, 1.54) is 0 Å². The molecule has 4 aliphatic carbocycles. The van der Waals surface area contributed by atoms with E-state index in [9.17, 15) is 53.8 Å². The minimum absolute atomic E-state index is 0. The van der Waals surface area contributed by atoms with Crippen molar-refractivity contribution in [2.75, 3.05) is 13.2 Å². The summed E-state index contributed by atoms with van der Waals surface area (Å²) < 4.78 is 61.1. The van der Waals surface area contributed by atoms with Crippen LogP contribution in [0.15, 0.2) is 12.2 Å². The summed E-state index contributed by atoms with van der Waals surface area (Å²) in [7, 11) is -5.22. The van der Waals surface area contributed by atoms with Gasteiger partial charge in [0.1, 0.15) is 36.6 Å². The van der Waals surface area contributed by atoms with Gasteiger partial charge in [-0.3, -0.25) is 4.18 Å². The average molecular weight is 817 g/mol. The number of hydrogen-bond donors (Lipinski definition) is 8. The minimum Gasteiger partial charge on any atom is -0.726 e. The Kier molecular flexibility index (Phi) is 14.5. The Morgan fingerprint density at radius 1 is 0.800 bits per heavy atom. The molecular weight excluding hydrogens is 755 g/mol. The molecule has 0 bridgehead atoms. The molecule has 8 N–H and O–H groups in total. The first-order chi connectivity index (χ1) is 25.1. The van der Waals surface area contributed by atoms with Gasteiger partial charge in [0, 0.05) is 12.3 Å². The molecule has 2 aliphatic heterocycles. The number of fused-ring (bicyclic) bond motifs is 5. The van der Waals surface area contributed by atoms with E-state index in [1.54, 1.807) is 0 Å². The van der Waals surface area contributed by atoms with Crippen LogP contribution in [0.4, 0.5) is 0 Å². The van der Waals surface area contributed by atoms with E-state index in [4.69, 9.17) is 18.9 Å². The van der Waals surface area contributed by atoms with Crippen molar-refractivity contribution in [2.24, 2.45) is 46.3 Å². The molecule has 312 valence electrons. The molecule has 6 fully saturated rings. The van der Waals surface area contributed by atoms with Crippen LogP contribution in [0.5, 0.6) is 0 Å². The molecule has 16 nitrogen and oxygen atoms in total. The topological polar surface area (TPSA) is 265 Å². The van der Waals surface area contributed by atoms with Crippen molar-refractivity contribution in [3.8, 4) is 0 Å². The Morgan fingerprint density at radius 2 is 1.44 bits per heavy atom. The van der Waals surface area contributed by atoms with Crippen molar-refractivity contribution in [3.63, 3.8) is 0 Å². The Bertz CT molecular complexity index is 1460. The number of allylic oxidation sites excluding steroid dienone is 1. The van der Waals surface area contributed by atoms with Crippen LogP contribution in [0.1, 0.15) is 79.6 Å². The van der Waals surface area contributed by atoms with Crippen LogP contribution in [0.2, 0.25) is 0 Å². The largest absolute Gasteiger partial charge is 1.00 e. The normalized spacial score (nSPS) is 50.1. The van der Waals surface area contributed by atoms with Gasteiger partial charge in [-0.1, -0.05) is 46.8 Å². The Labute approximate surface area is 345 Å².